The van der Waals surface area contributed by atoms with Gasteiger partial charge in [-0.1, -0.05) is 22.9 Å². The van der Waals surface area contributed by atoms with Crippen LogP contribution in [0.3, 0.4) is 0 Å². The zero-order chi connectivity index (χ0) is 14.5. The molecule has 0 saturated heterocycles. The van der Waals surface area contributed by atoms with E-state index in [4.69, 9.17) is 0 Å². The molecule has 0 fully saturated rings. The SMILES string of the molecule is C/C=C1\C2C=C(C)CC1(N=O)c1ccc(=O)n(O)c1C2. The fourth-order valence-corrected chi connectivity index (χ4v) is 3.66. The van der Waals surface area contributed by atoms with Crippen molar-refractivity contribution in [2.24, 2.45) is 11.1 Å². The second kappa shape index (κ2) is 4.16. The Hall–Kier alpha value is -2.17. The third-order valence-electron chi connectivity index (χ3n) is 4.39. The van der Waals surface area contributed by atoms with Gasteiger partial charge in [0.2, 0.25) is 0 Å². The van der Waals surface area contributed by atoms with Crippen molar-refractivity contribution in [2.75, 3.05) is 0 Å². The molecule has 1 N–H and O–H groups in total. The third kappa shape index (κ3) is 1.46. The molecule has 20 heavy (non-hydrogen) atoms. The number of aromatic nitrogens is 1. The number of hydrogen-bond donors (Lipinski definition) is 1. The van der Waals surface area contributed by atoms with Crippen LogP contribution in [0, 0.1) is 10.8 Å². The maximum Gasteiger partial charge on any atom is 0.283 e. The van der Waals surface area contributed by atoms with Crippen molar-refractivity contribution in [3.8, 4) is 0 Å². The van der Waals surface area contributed by atoms with E-state index in [0.717, 1.165) is 11.1 Å². The summed E-state index contributed by atoms with van der Waals surface area (Å²) < 4.78 is 0.656. The van der Waals surface area contributed by atoms with Gasteiger partial charge in [-0.25, -0.2) is 0 Å². The molecule has 1 aromatic rings. The van der Waals surface area contributed by atoms with Crippen LogP contribution in [0.15, 0.2) is 45.4 Å². The van der Waals surface area contributed by atoms with Gasteiger partial charge in [0.25, 0.3) is 5.56 Å². The molecule has 104 valence electrons. The molecule has 0 amide bonds. The van der Waals surface area contributed by atoms with Gasteiger partial charge in [0.15, 0.2) is 5.54 Å². The smallest absolute Gasteiger partial charge is 0.283 e. The topological polar surface area (TPSA) is 71.7 Å². The first-order valence-electron chi connectivity index (χ1n) is 6.66. The predicted octanol–water partition coefficient (Wildman–Crippen LogP) is 2.52. The van der Waals surface area contributed by atoms with Crippen LogP contribution in [-0.4, -0.2) is 9.94 Å². The number of nitroso groups, excluding NO2 is 1. The fourth-order valence-electron chi connectivity index (χ4n) is 3.66. The highest BCUT2D eigenvalue weighted by Gasteiger charge is 2.49. The molecule has 0 aromatic carbocycles. The molecule has 0 saturated carbocycles. The molecule has 0 aliphatic heterocycles. The minimum atomic E-state index is -0.982. The molecule has 2 bridgehead atoms. The first kappa shape index (κ1) is 12.8. The second-order valence-electron chi connectivity index (χ2n) is 5.54. The Labute approximate surface area is 116 Å². The summed E-state index contributed by atoms with van der Waals surface area (Å²) in [6, 6.07) is 2.91. The van der Waals surface area contributed by atoms with Crippen LogP contribution in [-0.2, 0) is 12.0 Å². The standard InChI is InChI=1S/C15H16N2O3/c1-3-11-10-6-9(2)8-15(11,16-19)12-4-5-14(18)17(20)13(12)7-10/h3-6,10,20H,7-8H2,1-2H3/b11-3+. The Morgan fingerprint density at radius 3 is 2.90 bits per heavy atom. The molecular formula is C15H16N2O3. The van der Waals surface area contributed by atoms with Gasteiger partial charge in [-0.15, -0.1) is 4.91 Å². The molecule has 2 aliphatic rings. The Balaban J connectivity index is 2.38. The van der Waals surface area contributed by atoms with Crippen molar-refractivity contribution in [3.63, 3.8) is 0 Å². The highest BCUT2D eigenvalue weighted by molar-refractivity contribution is 5.49. The fraction of sp³-hybridized carbons (Fsp3) is 0.400. The first-order chi connectivity index (χ1) is 9.53. The highest BCUT2D eigenvalue weighted by Crippen LogP contribution is 2.51. The van der Waals surface area contributed by atoms with Crippen LogP contribution < -0.4 is 5.56 Å². The minimum absolute atomic E-state index is 0.0131. The van der Waals surface area contributed by atoms with Crippen molar-refractivity contribution in [1.82, 2.24) is 4.73 Å². The van der Waals surface area contributed by atoms with E-state index in [1.807, 2.05) is 19.9 Å². The number of nitrogens with zero attached hydrogens (tertiary/aromatic N) is 2. The summed E-state index contributed by atoms with van der Waals surface area (Å²) in [6.45, 7) is 3.88. The maximum absolute atomic E-state index is 11.7. The van der Waals surface area contributed by atoms with Crippen LogP contribution in [0.1, 0.15) is 31.5 Å². The molecular weight excluding hydrogens is 256 g/mol. The largest absolute Gasteiger partial charge is 0.425 e. The van der Waals surface area contributed by atoms with Gasteiger partial charge in [-0.2, -0.15) is 4.73 Å². The van der Waals surface area contributed by atoms with Gasteiger partial charge in [0.05, 0.1) is 5.69 Å². The quantitative estimate of drug-likeness (QED) is 0.485. The second-order valence-corrected chi connectivity index (χ2v) is 5.54. The number of allylic oxidation sites excluding steroid dienone is 2. The maximum atomic E-state index is 11.7. The van der Waals surface area contributed by atoms with Crippen molar-refractivity contribution in [1.29, 1.82) is 0 Å². The lowest BCUT2D eigenvalue weighted by Gasteiger charge is -2.42. The molecule has 1 aromatic heterocycles. The van der Waals surface area contributed by atoms with E-state index >= 15 is 0 Å². The molecule has 0 spiro atoms. The summed E-state index contributed by atoms with van der Waals surface area (Å²) >= 11 is 0. The minimum Gasteiger partial charge on any atom is -0.425 e. The first-order valence-corrected chi connectivity index (χ1v) is 6.66. The number of rotatable bonds is 1. The molecule has 5 heteroatoms. The Morgan fingerprint density at radius 2 is 2.25 bits per heavy atom. The summed E-state index contributed by atoms with van der Waals surface area (Å²) in [5.41, 5.74) is 1.76. The van der Waals surface area contributed by atoms with E-state index in [9.17, 15) is 14.9 Å². The van der Waals surface area contributed by atoms with Crippen LogP contribution in [0.25, 0.3) is 0 Å². The van der Waals surface area contributed by atoms with Gasteiger partial charge < -0.3 is 5.21 Å². The summed E-state index contributed by atoms with van der Waals surface area (Å²) in [4.78, 5) is 23.3. The van der Waals surface area contributed by atoms with Crippen LogP contribution in [0.5, 0.6) is 0 Å². The average Bonchev–Trinajstić information content (AvgIpc) is 2.42. The lowest BCUT2D eigenvalue weighted by Crippen LogP contribution is -2.42. The molecule has 2 atom stereocenters. The van der Waals surface area contributed by atoms with Crippen molar-refractivity contribution < 1.29 is 5.21 Å². The molecule has 2 aliphatic carbocycles. The molecule has 0 radical (unpaired) electrons. The van der Waals surface area contributed by atoms with E-state index < -0.39 is 11.1 Å². The molecule has 5 nitrogen and oxygen atoms in total. The normalized spacial score (nSPS) is 29.8. The Kier molecular flexibility index (Phi) is 2.67. The van der Waals surface area contributed by atoms with Gasteiger partial charge >= 0.3 is 0 Å². The van der Waals surface area contributed by atoms with E-state index in [1.54, 1.807) is 6.07 Å². The number of pyridine rings is 1. The predicted molar refractivity (Wildman–Crippen MR) is 74.7 cm³/mol. The van der Waals surface area contributed by atoms with Crippen molar-refractivity contribution in [3.05, 3.63) is 61.9 Å². The van der Waals surface area contributed by atoms with Gasteiger partial charge in [-0.05, 0) is 25.5 Å². The summed E-state index contributed by atoms with van der Waals surface area (Å²) in [7, 11) is 0. The molecule has 3 rings (SSSR count). The molecule has 2 unspecified atom stereocenters. The average molecular weight is 272 g/mol. The lowest BCUT2D eigenvalue weighted by molar-refractivity contribution is 0.157. The zero-order valence-corrected chi connectivity index (χ0v) is 11.5. The van der Waals surface area contributed by atoms with Crippen molar-refractivity contribution in [2.45, 2.75) is 32.2 Å². The lowest BCUT2D eigenvalue weighted by atomic mass is 9.63. The van der Waals surface area contributed by atoms with Crippen molar-refractivity contribution >= 4 is 0 Å². The number of hydrogen-bond acceptors (Lipinski definition) is 4. The zero-order valence-electron chi connectivity index (χ0n) is 11.5. The van der Waals surface area contributed by atoms with Gasteiger partial charge in [-0.3, -0.25) is 4.79 Å². The van der Waals surface area contributed by atoms with Crippen LogP contribution in [0.4, 0.5) is 0 Å². The Morgan fingerprint density at radius 1 is 1.50 bits per heavy atom. The van der Waals surface area contributed by atoms with Gasteiger partial charge in [0, 0.05) is 30.4 Å². The highest BCUT2D eigenvalue weighted by atomic mass is 16.5. The number of fused-ring (bicyclic) bond motifs is 4. The van der Waals surface area contributed by atoms with E-state index in [-0.39, 0.29) is 5.92 Å². The monoisotopic (exact) mass is 272 g/mol. The van der Waals surface area contributed by atoms with Gasteiger partial charge in [0.1, 0.15) is 0 Å². The Bertz CT molecular complexity index is 714. The summed E-state index contributed by atoms with van der Waals surface area (Å²) in [5.74, 6) is 0.0131. The van der Waals surface area contributed by atoms with E-state index in [1.165, 1.54) is 6.07 Å². The van der Waals surface area contributed by atoms with Crippen LogP contribution in [0.2, 0.25) is 0 Å². The summed E-state index contributed by atoms with van der Waals surface area (Å²) in [6.07, 6.45) is 5.04. The van der Waals surface area contributed by atoms with Crippen LogP contribution >= 0.6 is 0 Å². The van der Waals surface area contributed by atoms with E-state index in [2.05, 4.69) is 11.3 Å². The third-order valence-corrected chi connectivity index (χ3v) is 4.39. The van der Waals surface area contributed by atoms with E-state index in [0.29, 0.717) is 28.8 Å². The summed E-state index contributed by atoms with van der Waals surface area (Å²) in [5, 5.41) is 13.4. The molecule has 1 heterocycles.